The van der Waals surface area contributed by atoms with Crippen LogP contribution in [-0.4, -0.2) is 34.7 Å². The number of anilines is 1. The molecule has 2 aromatic carbocycles. The van der Waals surface area contributed by atoms with Crippen molar-refractivity contribution >= 4 is 5.69 Å². The van der Waals surface area contributed by atoms with Crippen molar-refractivity contribution in [1.82, 2.24) is 4.90 Å². The molecule has 1 fully saturated rings. The van der Waals surface area contributed by atoms with Gasteiger partial charge in [-0.2, -0.15) is 5.11 Å². The Kier molecular flexibility index (Phi) is 5.86. The molecule has 2 aromatic rings. The smallest absolute Gasteiger partial charge is 0.115 e. The molecule has 0 unspecified atom stereocenters. The fourth-order valence-electron chi connectivity index (χ4n) is 3.27. The summed E-state index contributed by atoms with van der Waals surface area (Å²) in [5.41, 5.74) is 10.1. The van der Waals surface area contributed by atoms with Gasteiger partial charge in [0.1, 0.15) is 11.5 Å². The quantitative estimate of drug-likeness (QED) is 0.462. The standard InChI is InChI=1S/C20H24N4O2/c21-23-18(13-22-17-4-6-19(25)7-5-17)14-24-10-8-15(9-11-24)16-2-1-3-20(26)12-16/h1-7,12-13,15,21-22,25-26H,8-11,14H2/b18-13-,23-21?. The molecule has 0 saturated carbocycles. The van der Waals surface area contributed by atoms with Crippen LogP contribution in [0.4, 0.5) is 5.69 Å². The minimum atomic E-state index is 0.222. The number of piperidine rings is 1. The predicted molar refractivity (Wildman–Crippen MR) is 101 cm³/mol. The van der Waals surface area contributed by atoms with Gasteiger partial charge in [-0.15, -0.1) is 0 Å². The number of rotatable bonds is 6. The van der Waals surface area contributed by atoms with Crippen LogP contribution in [0.2, 0.25) is 0 Å². The summed E-state index contributed by atoms with van der Waals surface area (Å²) < 4.78 is 0. The lowest BCUT2D eigenvalue weighted by atomic mass is 9.89. The van der Waals surface area contributed by atoms with Crippen LogP contribution in [-0.2, 0) is 0 Å². The number of nitrogens with zero attached hydrogens (tertiary/aromatic N) is 2. The Bertz CT molecular complexity index is 766. The average molecular weight is 352 g/mol. The van der Waals surface area contributed by atoms with Crippen LogP contribution in [0.1, 0.15) is 24.3 Å². The van der Waals surface area contributed by atoms with Crippen molar-refractivity contribution in [1.29, 1.82) is 5.53 Å². The maximum absolute atomic E-state index is 9.64. The number of hydrogen-bond acceptors (Lipinski definition) is 6. The van der Waals surface area contributed by atoms with E-state index in [-0.39, 0.29) is 5.75 Å². The number of likely N-dealkylation sites (tertiary alicyclic amines) is 1. The van der Waals surface area contributed by atoms with Crippen LogP contribution in [0, 0.1) is 5.53 Å². The van der Waals surface area contributed by atoms with E-state index in [1.807, 2.05) is 12.1 Å². The fraction of sp³-hybridized carbons (Fsp3) is 0.300. The maximum atomic E-state index is 9.64. The molecule has 1 aliphatic heterocycles. The Hall–Kier alpha value is -2.86. The molecule has 1 heterocycles. The van der Waals surface area contributed by atoms with Crippen molar-refractivity contribution in [2.45, 2.75) is 18.8 Å². The van der Waals surface area contributed by atoms with Crippen molar-refractivity contribution in [3.63, 3.8) is 0 Å². The Morgan fingerprint density at radius 2 is 1.85 bits per heavy atom. The van der Waals surface area contributed by atoms with E-state index in [1.54, 1.807) is 36.5 Å². The molecule has 0 amide bonds. The molecule has 0 radical (unpaired) electrons. The van der Waals surface area contributed by atoms with E-state index in [0.717, 1.165) is 31.6 Å². The van der Waals surface area contributed by atoms with Crippen LogP contribution < -0.4 is 5.32 Å². The highest BCUT2D eigenvalue weighted by Gasteiger charge is 2.21. The van der Waals surface area contributed by atoms with E-state index < -0.39 is 0 Å². The van der Waals surface area contributed by atoms with E-state index in [2.05, 4.69) is 21.4 Å². The summed E-state index contributed by atoms with van der Waals surface area (Å²) in [6, 6.07) is 14.3. The van der Waals surface area contributed by atoms with Crippen LogP contribution in [0.25, 0.3) is 0 Å². The summed E-state index contributed by atoms with van der Waals surface area (Å²) in [5.74, 6) is 1.01. The zero-order valence-electron chi connectivity index (χ0n) is 14.6. The highest BCUT2D eigenvalue weighted by Crippen LogP contribution is 2.30. The largest absolute Gasteiger partial charge is 0.508 e. The Morgan fingerprint density at radius 1 is 1.12 bits per heavy atom. The Balaban J connectivity index is 1.53. The molecule has 0 bridgehead atoms. The van der Waals surface area contributed by atoms with Gasteiger partial charge in [-0.1, -0.05) is 12.1 Å². The highest BCUT2D eigenvalue weighted by atomic mass is 16.3. The Morgan fingerprint density at radius 3 is 2.50 bits per heavy atom. The summed E-state index contributed by atoms with van der Waals surface area (Å²) >= 11 is 0. The molecule has 0 aliphatic carbocycles. The number of phenols is 2. The van der Waals surface area contributed by atoms with E-state index in [0.29, 0.717) is 23.9 Å². The first-order valence-corrected chi connectivity index (χ1v) is 8.77. The summed E-state index contributed by atoms with van der Waals surface area (Å²) in [6.45, 7) is 2.50. The average Bonchev–Trinajstić information content (AvgIpc) is 2.67. The third-order valence-electron chi connectivity index (χ3n) is 4.73. The van der Waals surface area contributed by atoms with Crippen molar-refractivity contribution in [2.75, 3.05) is 25.0 Å². The van der Waals surface area contributed by atoms with Gasteiger partial charge in [0.2, 0.25) is 0 Å². The monoisotopic (exact) mass is 352 g/mol. The van der Waals surface area contributed by atoms with Crippen LogP contribution in [0.15, 0.2) is 65.5 Å². The SMILES string of the molecule is N=N/C(=C\Nc1ccc(O)cc1)CN1CCC(c2cccc(O)c2)CC1. The summed E-state index contributed by atoms with van der Waals surface area (Å²) in [4.78, 5) is 2.29. The van der Waals surface area contributed by atoms with Gasteiger partial charge in [0.25, 0.3) is 0 Å². The van der Waals surface area contributed by atoms with Gasteiger partial charge in [-0.3, -0.25) is 4.90 Å². The zero-order chi connectivity index (χ0) is 18.4. The molecule has 136 valence electrons. The molecule has 4 N–H and O–H groups in total. The van der Waals surface area contributed by atoms with Crippen molar-refractivity contribution in [3.8, 4) is 11.5 Å². The molecular formula is C20H24N4O2. The number of hydrogen-bond donors (Lipinski definition) is 4. The molecule has 6 nitrogen and oxygen atoms in total. The first-order chi connectivity index (χ1) is 12.6. The molecule has 6 heteroatoms. The molecular weight excluding hydrogens is 328 g/mol. The van der Waals surface area contributed by atoms with Crippen LogP contribution in [0.3, 0.4) is 0 Å². The molecule has 0 atom stereocenters. The lowest BCUT2D eigenvalue weighted by Gasteiger charge is -2.32. The third kappa shape index (κ3) is 4.83. The number of phenolic OH excluding ortho intramolecular Hbond substituents is 2. The molecule has 3 rings (SSSR count). The third-order valence-corrected chi connectivity index (χ3v) is 4.73. The van der Waals surface area contributed by atoms with E-state index in [1.165, 1.54) is 5.56 Å². The lowest BCUT2D eigenvalue weighted by molar-refractivity contribution is 0.227. The zero-order valence-corrected chi connectivity index (χ0v) is 14.6. The van der Waals surface area contributed by atoms with Crippen molar-refractivity contribution < 1.29 is 10.2 Å². The van der Waals surface area contributed by atoms with Crippen molar-refractivity contribution in [2.24, 2.45) is 5.11 Å². The number of benzene rings is 2. The molecule has 1 aliphatic rings. The van der Waals surface area contributed by atoms with E-state index in [9.17, 15) is 10.2 Å². The van der Waals surface area contributed by atoms with Gasteiger partial charge in [0, 0.05) is 18.4 Å². The van der Waals surface area contributed by atoms with Crippen LogP contribution in [0.5, 0.6) is 11.5 Å². The first kappa shape index (κ1) is 17.9. The number of aromatic hydroxyl groups is 2. The van der Waals surface area contributed by atoms with Gasteiger partial charge >= 0.3 is 0 Å². The summed E-state index contributed by atoms with van der Waals surface area (Å²) in [7, 11) is 0. The van der Waals surface area contributed by atoms with Gasteiger partial charge in [0.15, 0.2) is 0 Å². The predicted octanol–water partition coefficient (Wildman–Crippen LogP) is 4.26. The topological polar surface area (TPSA) is 91.9 Å². The maximum Gasteiger partial charge on any atom is 0.115 e. The second-order valence-electron chi connectivity index (χ2n) is 6.58. The van der Waals surface area contributed by atoms with Gasteiger partial charge in [0.05, 0.1) is 5.70 Å². The second kappa shape index (κ2) is 8.49. The second-order valence-corrected chi connectivity index (χ2v) is 6.58. The number of nitrogens with one attached hydrogen (secondary N) is 2. The minimum Gasteiger partial charge on any atom is -0.508 e. The molecule has 0 aromatic heterocycles. The fourth-order valence-corrected chi connectivity index (χ4v) is 3.27. The molecule has 26 heavy (non-hydrogen) atoms. The van der Waals surface area contributed by atoms with E-state index in [4.69, 9.17) is 5.53 Å². The molecule has 1 saturated heterocycles. The normalized spacial score (nSPS) is 16.4. The van der Waals surface area contributed by atoms with E-state index >= 15 is 0 Å². The molecule has 0 spiro atoms. The van der Waals surface area contributed by atoms with Crippen molar-refractivity contribution in [3.05, 3.63) is 66.0 Å². The van der Waals surface area contributed by atoms with Gasteiger partial charge in [-0.05, 0) is 73.8 Å². The lowest BCUT2D eigenvalue weighted by Crippen LogP contribution is -2.34. The van der Waals surface area contributed by atoms with Crippen LogP contribution >= 0.6 is 0 Å². The summed E-state index contributed by atoms with van der Waals surface area (Å²) in [5, 5.41) is 25.7. The minimum absolute atomic E-state index is 0.222. The summed E-state index contributed by atoms with van der Waals surface area (Å²) in [6.07, 6.45) is 3.79. The highest BCUT2D eigenvalue weighted by molar-refractivity contribution is 5.48. The first-order valence-electron chi connectivity index (χ1n) is 8.77. The van der Waals surface area contributed by atoms with Gasteiger partial charge in [-0.25, -0.2) is 5.53 Å². The van der Waals surface area contributed by atoms with Gasteiger partial charge < -0.3 is 15.5 Å². The Labute approximate surface area is 153 Å².